The number of allylic oxidation sites excluding steroid dienone is 11. The van der Waals surface area contributed by atoms with Gasteiger partial charge in [0.1, 0.15) is 12.4 Å². The average molecular weight is 359 g/mol. The molecule has 1 N–H and O–H groups in total. The van der Waals surface area contributed by atoms with E-state index in [1.165, 1.54) is 0 Å². The molecule has 0 bridgehead atoms. The minimum absolute atomic E-state index is 0.00445. The van der Waals surface area contributed by atoms with Crippen molar-refractivity contribution < 1.29 is 9.84 Å². The summed E-state index contributed by atoms with van der Waals surface area (Å²) in [7, 11) is 0. The number of ether oxygens (including phenoxy) is 1. The van der Waals surface area contributed by atoms with Crippen molar-refractivity contribution >= 4 is 0 Å². The van der Waals surface area contributed by atoms with Crippen LogP contribution in [-0.2, 0) is 4.74 Å². The van der Waals surface area contributed by atoms with Gasteiger partial charge in [0.25, 0.3) is 0 Å². The van der Waals surface area contributed by atoms with Crippen LogP contribution in [-0.4, -0.2) is 18.3 Å². The summed E-state index contributed by atoms with van der Waals surface area (Å²) in [5, 5.41) is 9.08. The highest BCUT2D eigenvalue weighted by Gasteiger charge is 1.92. The topological polar surface area (TPSA) is 29.5 Å². The Balaban J connectivity index is 3.58. The standard InChI is InChI=1S/C24H38O2/c1-3-5-6-7-8-9-10-11-12-13-14-15-16-17-18-19-20-21-22-24(23-25)26-4-2/h5-6,8-9,11-12,14-15,17-18,22,25H,3-4,7,10,13,16,19-21,23H2,1-2H3/b6-5+,9-8+,12-11+,15-14+,18-17+,24-22-. The van der Waals surface area contributed by atoms with Crippen LogP contribution in [0.3, 0.4) is 0 Å². The van der Waals surface area contributed by atoms with Gasteiger partial charge in [-0.15, -0.1) is 0 Å². The smallest absolute Gasteiger partial charge is 0.117 e. The maximum absolute atomic E-state index is 9.08. The highest BCUT2D eigenvalue weighted by molar-refractivity contribution is 5.00. The summed E-state index contributed by atoms with van der Waals surface area (Å²) < 4.78 is 5.30. The Hall–Kier alpha value is -1.80. The van der Waals surface area contributed by atoms with Crippen LogP contribution < -0.4 is 0 Å². The van der Waals surface area contributed by atoms with Gasteiger partial charge in [0.15, 0.2) is 0 Å². The van der Waals surface area contributed by atoms with Gasteiger partial charge in [0.05, 0.1) is 6.61 Å². The quantitative estimate of drug-likeness (QED) is 0.186. The van der Waals surface area contributed by atoms with E-state index in [1.807, 2.05) is 13.0 Å². The lowest BCUT2D eigenvalue weighted by atomic mass is 10.2. The molecule has 26 heavy (non-hydrogen) atoms. The Morgan fingerprint density at radius 2 is 1.19 bits per heavy atom. The van der Waals surface area contributed by atoms with E-state index >= 15 is 0 Å². The van der Waals surface area contributed by atoms with E-state index in [2.05, 4.69) is 67.7 Å². The lowest BCUT2D eigenvalue weighted by Gasteiger charge is -2.04. The van der Waals surface area contributed by atoms with Gasteiger partial charge in [-0.25, -0.2) is 0 Å². The minimum atomic E-state index is -0.00445. The highest BCUT2D eigenvalue weighted by Crippen LogP contribution is 2.04. The summed E-state index contributed by atoms with van der Waals surface area (Å²) >= 11 is 0. The van der Waals surface area contributed by atoms with E-state index in [0.29, 0.717) is 12.4 Å². The van der Waals surface area contributed by atoms with Crippen LogP contribution in [0.4, 0.5) is 0 Å². The van der Waals surface area contributed by atoms with Crippen molar-refractivity contribution in [2.45, 2.75) is 65.2 Å². The van der Waals surface area contributed by atoms with Gasteiger partial charge in [0, 0.05) is 0 Å². The minimum Gasteiger partial charge on any atom is -0.496 e. The van der Waals surface area contributed by atoms with Crippen molar-refractivity contribution in [2.24, 2.45) is 0 Å². The van der Waals surface area contributed by atoms with Crippen LogP contribution in [0.1, 0.15) is 65.2 Å². The van der Waals surface area contributed by atoms with Crippen LogP contribution in [0.5, 0.6) is 0 Å². The highest BCUT2D eigenvalue weighted by atomic mass is 16.5. The van der Waals surface area contributed by atoms with Gasteiger partial charge in [0.2, 0.25) is 0 Å². The van der Waals surface area contributed by atoms with Crippen LogP contribution in [0.25, 0.3) is 0 Å². The molecule has 0 aliphatic carbocycles. The molecule has 0 fully saturated rings. The fourth-order valence-electron chi connectivity index (χ4n) is 2.22. The van der Waals surface area contributed by atoms with Crippen LogP contribution in [0.2, 0.25) is 0 Å². The van der Waals surface area contributed by atoms with Gasteiger partial charge in [-0.05, 0) is 64.4 Å². The van der Waals surface area contributed by atoms with Crippen molar-refractivity contribution in [1.29, 1.82) is 0 Å². The molecular weight excluding hydrogens is 320 g/mol. The SMILES string of the molecule is CC/C=C/C/C=C/C/C=C/C/C=C/C/C=C/CCC/C=C(/CO)OCC. The lowest BCUT2D eigenvalue weighted by molar-refractivity contribution is 0.170. The first-order chi connectivity index (χ1) is 12.8. The molecule has 0 unspecified atom stereocenters. The summed E-state index contributed by atoms with van der Waals surface area (Å²) in [6.45, 7) is 4.69. The first-order valence-electron chi connectivity index (χ1n) is 10.0. The van der Waals surface area contributed by atoms with E-state index < -0.39 is 0 Å². The van der Waals surface area contributed by atoms with E-state index in [1.54, 1.807) is 0 Å². The van der Waals surface area contributed by atoms with Gasteiger partial charge < -0.3 is 9.84 Å². The largest absolute Gasteiger partial charge is 0.496 e. The molecule has 0 heterocycles. The molecule has 2 heteroatoms. The third kappa shape index (κ3) is 18.5. The van der Waals surface area contributed by atoms with Gasteiger partial charge in [-0.2, -0.15) is 0 Å². The Labute approximate surface area is 161 Å². The first kappa shape index (κ1) is 24.2. The number of aliphatic hydroxyl groups is 1. The maximum Gasteiger partial charge on any atom is 0.117 e. The molecule has 0 aliphatic heterocycles. The zero-order chi connectivity index (χ0) is 19.1. The van der Waals surface area contributed by atoms with Crippen molar-refractivity contribution in [1.82, 2.24) is 0 Å². The molecule has 0 rings (SSSR count). The number of hydrogen-bond acceptors (Lipinski definition) is 2. The van der Waals surface area contributed by atoms with Crippen LogP contribution in [0, 0.1) is 0 Å². The Morgan fingerprint density at radius 1 is 0.692 bits per heavy atom. The number of hydrogen-bond donors (Lipinski definition) is 1. The monoisotopic (exact) mass is 358 g/mol. The molecule has 0 amide bonds. The number of aliphatic hydroxyl groups excluding tert-OH is 1. The number of rotatable bonds is 16. The summed E-state index contributed by atoms with van der Waals surface area (Å²) in [5.41, 5.74) is 0. The molecule has 0 spiro atoms. The second kappa shape index (κ2) is 21.2. The van der Waals surface area contributed by atoms with E-state index in [0.717, 1.165) is 51.4 Å². The Morgan fingerprint density at radius 3 is 1.65 bits per heavy atom. The third-order valence-corrected chi connectivity index (χ3v) is 3.59. The van der Waals surface area contributed by atoms with Gasteiger partial charge in [-0.1, -0.05) is 67.7 Å². The molecule has 146 valence electrons. The number of unbranched alkanes of at least 4 members (excludes halogenated alkanes) is 2. The summed E-state index contributed by atoms with van der Waals surface area (Å²) in [6.07, 6.45) is 32.4. The molecule has 0 saturated heterocycles. The zero-order valence-electron chi connectivity index (χ0n) is 16.8. The fraction of sp³-hybridized carbons (Fsp3) is 0.500. The first-order valence-corrected chi connectivity index (χ1v) is 10.0. The zero-order valence-corrected chi connectivity index (χ0v) is 16.8. The molecule has 0 aromatic rings. The maximum atomic E-state index is 9.08. The molecule has 0 atom stereocenters. The molecule has 0 aromatic carbocycles. The second-order valence-electron chi connectivity index (χ2n) is 5.90. The predicted molar refractivity (Wildman–Crippen MR) is 115 cm³/mol. The fourth-order valence-corrected chi connectivity index (χ4v) is 2.22. The molecule has 0 aromatic heterocycles. The predicted octanol–water partition coefficient (Wildman–Crippen LogP) is 6.82. The van der Waals surface area contributed by atoms with E-state index in [-0.39, 0.29) is 6.61 Å². The molecule has 2 nitrogen and oxygen atoms in total. The molecule has 0 radical (unpaired) electrons. The van der Waals surface area contributed by atoms with Crippen molar-refractivity contribution in [3.63, 3.8) is 0 Å². The molecule has 0 aliphatic rings. The van der Waals surface area contributed by atoms with Crippen molar-refractivity contribution in [3.05, 3.63) is 72.6 Å². The normalized spacial score (nSPS) is 13.4. The second-order valence-corrected chi connectivity index (χ2v) is 5.90. The molecular formula is C24H38O2. The summed E-state index contributed by atoms with van der Waals surface area (Å²) in [5.74, 6) is 0.691. The van der Waals surface area contributed by atoms with Crippen LogP contribution >= 0.6 is 0 Å². The van der Waals surface area contributed by atoms with Crippen molar-refractivity contribution in [3.8, 4) is 0 Å². The molecule has 0 saturated carbocycles. The van der Waals surface area contributed by atoms with Gasteiger partial charge >= 0.3 is 0 Å². The van der Waals surface area contributed by atoms with E-state index in [9.17, 15) is 0 Å². The van der Waals surface area contributed by atoms with Crippen molar-refractivity contribution in [2.75, 3.05) is 13.2 Å². The third-order valence-electron chi connectivity index (χ3n) is 3.59. The summed E-state index contributed by atoms with van der Waals surface area (Å²) in [6, 6.07) is 0. The summed E-state index contributed by atoms with van der Waals surface area (Å²) in [4.78, 5) is 0. The Kier molecular flexibility index (Phi) is 19.8. The van der Waals surface area contributed by atoms with E-state index in [4.69, 9.17) is 9.84 Å². The van der Waals surface area contributed by atoms with Gasteiger partial charge in [-0.3, -0.25) is 0 Å². The average Bonchev–Trinajstić information content (AvgIpc) is 2.66. The lowest BCUT2D eigenvalue weighted by Crippen LogP contribution is -1.96. The Bertz CT molecular complexity index is 465. The van der Waals surface area contributed by atoms with Crippen LogP contribution in [0.15, 0.2) is 72.6 Å².